The van der Waals surface area contributed by atoms with E-state index in [-0.39, 0.29) is 12.1 Å². The van der Waals surface area contributed by atoms with E-state index in [4.69, 9.17) is 4.74 Å². The summed E-state index contributed by atoms with van der Waals surface area (Å²) in [6.45, 7) is 20.6. The molecule has 7 fully saturated rings. The Balaban J connectivity index is 0.833. The van der Waals surface area contributed by atoms with Crippen LogP contribution < -0.4 is 0 Å². The summed E-state index contributed by atoms with van der Waals surface area (Å²) in [5, 5.41) is 0. The van der Waals surface area contributed by atoms with Gasteiger partial charge in [-0.15, -0.1) is 0 Å². The summed E-state index contributed by atoms with van der Waals surface area (Å²) in [5.74, 6) is 10.6. The standard InChI is InChI=1S/C51H84O2/c1-33(2)12-11-13-34(3)41-20-22-44-40-19-17-37-32-38(25-29-49(37,6)46(40)27-31-50(41,44)7)53-47(52)24-15-35(4)42-21-23-43-39-18-16-36-14-9-10-28-48(36,5)45(39)26-30-51(42,43)8/h17,33-36,38-46H,9-16,18-32H2,1-8H3/t34-,35-,36?,38+,39+,40+,41-,42-,43+,44+,45+,46+,48+,49+,50-,51-/m1/s1. The molecular weight excluding hydrogens is 645 g/mol. The first kappa shape index (κ1) is 39.1. The van der Waals surface area contributed by atoms with E-state index < -0.39 is 0 Å². The minimum Gasteiger partial charge on any atom is -0.462 e. The van der Waals surface area contributed by atoms with E-state index in [0.717, 1.165) is 84.4 Å². The van der Waals surface area contributed by atoms with E-state index in [1.54, 1.807) is 5.57 Å². The summed E-state index contributed by atoms with van der Waals surface area (Å²) in [6, 6.07) is 0. The lowest BCUT2D eigenvalue weighted by atomic mass is 9.44. The van der Waals surface area contributed by atoms with Crippen LogP contribution in [0.5, 0.6) is 0 Å². The van der Waals surface area contributed by atoms with Gasteiger partial charge in [0.15, 0.2) is 0 Å². The van der Waals surface area contributed by atoms with Crippen LogP contribution in [0.15, 0.2) is 11.6 Å². The van der Waals surface area contributed by atoms with Crippen molar-refractivity contribution in [2.45, 2.75) is 209 Å². The Morgan fingerprint density at radius 3 is 2.04 bits per heavy atom. The number of fused-ring (bicyclic) bond motifs is 10. The lowest BCUT2D eigenvalue weighted by molar-refractivity contribution is -0.152. The molecule has 0 amide bonds. The minimum atomic E-state index is 0.0969. The van der Waals surface area contributed by atoms with Crippen molar-refractivity contribution in [1.82, 2.24) is 0 Å². The van der Waals surface area contributed by atoms with Crippen LogP contribution in [0.25, 0.3) is 0 Å². The van der Waals surface area contributed by atoms with Gasteiger partial charge >= 0.3 is 5.97 Å². The van der Waals surface area contributed by atoms with Gasteiger partial charge in [-0.05, 0) is 195 Å². The maximum absolute atomic E-state index is 13.5. The van der Waals surface area contributed by atoms with Crippen LogP contribution in [0.1, 0.15) is 203 Å². The maximum atomic E-state index is 13.5. The Morgan fingerprint density at radius 2 is 1.32 bits per heavy atom. The van der Waals surface area contributed by atoms with E-state index in [1.807, 2.05) is 0 Å². The van der Waals surface area contributed by atoms with Gasteiger partial charge in [0.2, 0.25) is 0 Å². The van der Waals surface area contributed by atoms with Gasteiger partial charge in [0.25, 0.3) is 0 Å². The van der Waals surface area contributed by atoms with Crippen molar-refractivity contribution in [2.24, 2.45) is 92.7 Å². The Kier molecular flexibility index (Phi) is 10.9. The molecule has 0 aromatic carbocycles. The van der Waals surface area contributed by atoms with Gasteiger partial charge in [0.1, 0.15) is 6.10 Å². The van der Waals surface area contributed by atoms with E-state index in [1.165, 1.54) is 122 Å². The second kappa shape index (κ2) is 14.9. The summed E-state index contributed by atoms with van der Waals surface area (Å²) in [7, 11) is 0. The number of allylic oxidation sites excluding steroid dienone is 1. The summed E-state index contributed by atoms with van der Waals surface area (Å²) < 4.78 is 6.39. The van der Waals surface area contributed by atoms with Crippen molar-refractivity contribution in [3.63, 3.8) is 0 Å². The highest BCUT2D eigenvalue weighted by atomic mass is 16.5. The van der Waals surface area contributed by atoms with Crippen LogP contribution in [0, 0.1) is 92.7 Å². The lowest BCUT2D eigenvalue weighted by Crippen LogP contribution is -2.53. The van der Waals surface area contributed by atoms with Gasteiger partial charge in [-0.1, -0.05) is 99.1 Å². The predicted octanol–water partition coefficient (Wildman–Crippen LogP) is 14.4. The molecule has 8 aliphatic carbocycles. The SMILES string of the molecule is CC(C)CCC[C@@H](C)[C@H]1CC[C@H]2[C@@H]3CC=C4C[C@@H](OC(=O)CC[C@@H](C)[C@H]5CC[C@H]6[C@@H]7CCC8CCCC[C@]8(C)[C@H]7CC[C@]56C)CC[C@]4(C)[C@H]3CC[C@]12C. The fourth-order valence-corrected chi connectivity index (χ4v) is 17.8. The highest BCUT2D eigenvalue weighted by Crippen LogP contribution is 2.69. The zero-order valence-corrected chi connectivity index (χ0v) is 36.2. The Labute approximate surface area is 328 Å². The molecule has 1 unspecified atom stereocenters. The van der Waals surface area contributed by atoms with E-state index in [9.17, 15) is 4.79 Å². The average Bonchev–Trinajstić information content (AvgIpc) is 3.67. The van der Waals surface area contributed by atoms with Crippen LogP contribution in [-0.4, -0.2) is 12.1 Å². The minimum absolute atomic E-state index is 0.0969. The smallest absolute Gasteiger partial charge is 0.306 e. The van der Waals surface area contributed by atoms with Gasteiger partial charge in [-0.25, -0.2) is 0 Å². The molecule has 53 heavy (non-hydrogen) atoms. The molecule has 16 atom stereocenters. The molecule has 0 aliphatic heterocycles. The van der Waals surface area contributed by atoms with Crippen molar-refractivity contribution in [1.29, 1.82) is 0 Å². The molecule has 0 heterocycles. The number of carbonyl (C=O) groups excluding carboxylic acids is 1. The third kappa shape index (κ3) is 6.68. The van der Waals surface area contributed by atoms with Gasteiger partial charge in [-0.3, -0.25) is 4.79 Å². The van der Waals surface area contributed by atoms with Gasteiger partial charge in [0, 0.05) is 12.8 Å². The number of hydrogen-bond donors (Lipinski definition) is 0. The fourth-order valence-electron chi connectivity index (χ4n) is 17.8. The molecule has 0 spiro atoms. The summed E-state index contributed by atoms with van der Waals surface area (Å²) >= 11 is 0. The number of carbonyl (C=O) groups is 1. The third-order valence-electron chi connectivity index (χ3n) is 20.7. The van der Waals surface area contributed by atoms with Crippen LogP contribution in [0.2, 0.25) is 0 Å². The van der Waals surface area contributed by atoms with Crippen LogP contribution in [0.3, 0.4) is 0 Å². The van der Waals surface area contributed by atoms with Crippen LogP contribution in [0.4, 0.5) is 0 Å². The molecule has 8 aliphatic rings. The largest absolute Gasteiger partial charge is 0.462 e. The normalized spacial score (nSPS) is 48.7. The molecular formula is C51H84O2. The van der Waals surface area contributed by atoms with Crippen LogP contribution >= 0.6 is 0 Å². The van der Waals surface area contributed by atoms with Crippen molar-refractivity contribution in [3.8, 4) is 0 Å². The number of ether oxygens (including phenoxy) is 1. The number of esters is 1. The maximum Gasteiger partial charge on any atom is 0.306 e. The van der Waals surface area contributed by atoms with E-state index in [2.05, 4.69) is 61.5 Å². The van der Waals surface area contributed by atoms with Crippen molar-refractivity contribution < 1.29 is 9.53 Å². The molecule has 0 aromatic heterocycles. The number of rotatable bonds is 10. The molecule has 0 bridgehead atoms. The fraction of sp³-hybridized carbons (Fsp3) is 0.941. The summed E-state index contributed by atoms with van der Waals surface area (Å²) in [5.41, 5.74) is 3.65. The molecule has 2 nitrogen and oxygen atoms in total. The first-order chi connectivity index (χ1) is 25.3. The zero-order valence-electron chi connectivity index (χ0n) is 36.2. The highest BCUT2D eigenvalue weighted by Gasteiger charge is 2.61. The van der Waals surface area contributed by atoms with Gasteiger partial charge < -0.3 is 4.74 Å². The lowest BCUT2D eigenvalue weighted by Gasteiger charge is -2.61. The van der Waals surface area contributed by atoms with Crippen molar-refractivity contribution >= 4 is 5.97 Å². The molecule has 7 saturated carbocycles. The molecule has 0 aromatic rings. The topological polar surface area (TPSA) is 26.3 Å². The van der Waals surface area contributed by atoms with Crippen molar-refractivity contribution in [2.75, 3.05) is 0 Å². The molecule has 2 heteroatoms. The predicted molar refractivity (Wildman–Crippen MR) is 221 cm³/mol. The monoisotopic (exact) mass is 729 g/mol. The first-order valence-corrected chi connectivity index (χ1v) is 24.2. The zero-order chi connectivity index (χ0) is 37.3. The average molecular weight is 729 g/mol. The Bertz CT molecular complexity index is 1350. The van der Waals surface area contributed by atoms with Crippen molar-refractivity contribution in [3.05, 3.63) is 11.6 Å². The molecule has 0 saturated heterocycles. The van der Waals surface area contributed by atoms with Gasteiger partial charge in [0.05, 0.1) is 0 Å². The molecule has 8 rings (SSSR count). The summed E-state index contributed by atoms with van der Waals surface area (Å²) in [6.07, 6.45) is 33.8. The second-order valence-electron chi connectivity index (χ2n) is 23.3. The third-order valence-corrected chi connectivity index (χ3v) is 20.7. The van der Waals surface area contributed by atoms with Crippen LogP contribution in [-0.2, 0) is 9.53 Å². The first-order valence-electron chi connectivity index (χ1n) is 24.2. The van der Waals surface area contributed by atoms with E-state index in [0.29, 0.717) is 34.0 Å². The quantitative estimate of drug-likeness (QED) is 0.165. The molecule has 0 radical (unpaired) electrons. The highest BCUT2D eigenvalue weighted by molar-refractivity contribution is 5.69. The molecule has 300 valence electrons. The Morgan fingerprint density at radius 1 is 0.660 bits per heavy atom. The summed E-state index contributed by atoms with van der Waals surface area (Å²) in [4.78, 5) is 13.5. The number of hydrogen-bond acceptors (Lipinski definition) is 2. The Hall–Kier alpha value is -0.790. The molecule has 0 N–H and O–H groups in total. The van der Waals surface area contributed by atoms with Gasteiger partial charge in [-0.2, -0.15) is 0 Å². The second-order valence-corrected chi connectivity index (χ2v) is 23.3. The van der Waals surface area contributed by atoms with E-state index >= 15 is 0 Å².